The van der Waals surface area contributed by atoms with Crippen LogP contribution in [0, 0.1) is 0 Å². The summed E-state index contributed by atoms with van der Waals surface area (Å²) in [5.74, 6) is 1.14. The fraction of sp³-hybridized carbons (Fsp3) is 0.667. The van der Waals surface area contributed by atoms with Gasteiger partial charge in [0, 0.05) is 4.90 Å². The number of hydrogen-bond acceptors (Lipinski definition) is 7. The predicted molar refractivity (Wildman–Crippen MR) is 108 cm³/mol. The first kappa shape index (κ1) is 38.4. The van der Waals surface area contributed by atoms with Crippen molar-refractivity contribution in [2.24, 2.45) is 0 Å². The SMILES string of the molecule is O=P([O-])([O-])C(NCCCCCCCCCCCSc1ccccc1)P(=O)([O-])O.[Na+].[Na+].[Na+]. The second kappa shape index (κ2) is 22.1. The Kier molecular flexibility index (Phi) is 27.3. The molecule has 2 unspecified atom stereocenters. The molecule has 13 heteroatoms. The predicted octanol–water partition coefficient (Wildman–Crippen LogP) is -6.37. The van der Waals surface area contributed by atoms with E-state index in [2.05, 4.69) is 29.6 Å². The largest absolute Gasteiger partial charge is 1.00 e. The van der Waals surface area contributed by atoms with Crippen molar-refractivity contribution in [3.63, 3.8) is 0 Å². The normalized spacial score (nSPS) is 13.8. The molecular formula is C18H30NNa3O6P2S. The minimum atomic E-state index is -5.44. The van der Waals surface area contributed by atoms with Gasteiger partial charge >= 0.3 is 88.7 Å². The molecule has 162 valence electrons. The Balaban J connectivity index is -0.00000261. The van der Waals surface area contributed by atoms with Crippen molar-refractivity contribution in [2.45, 2.75) is 68.2 Å². The number of benzene rings is 1. The van der Waals surface area contributed by atoms with Gasteiger partial charge in [-0.15, -0.1) is 11.8 Å². The molecule has 0 saturated heterocycles. The Hall–Kier alpha value is 2.83. The zero-order chi connectivity index (χ0) is 20.9. The number of hydrogen-bond donors (Lipinski definition) is 2. The summed E-state index contributed by atoms with van der Waals surface area (Å²) in [5.41, 5.74) is -2.43. The molecule has 0 aliphatic rings. The fourth-order valence-electron chi connectivity index (χ4n) is 2.81. The minimum Gasteiger partial charge on any atom is -0.809 e. The molecule has 0 aromatic heterocycles. The van der Waals surface area contributed by atoms with E-state index >= 15 is 0 Å². The Morgan fingerprint density at radius 2 is 1.26 bits per heavy atom. The maximum absolute atomic E-state index is 10.9. The van der Waals surface area contributed by atoms with Crippen molar-refractivity contribution in [3.05, 3.63) is 30.3 Å². The summed E-state index contributed by atoms with van der Waals surface area (Å²) in [6.07, 6.45) is 9.39. The topological polar surface area (TPSA) is 136 Å². The molecule has 0 spiro atoms. The van der Waals surface area contributed by atoms with Gasteiger partial charge in [0.25, 0.3) is 0 Å². The maximum Gasteiger partial charge on any atom is 1.00 e. The Morgan fingerprint density at radius 1 is 0.806 bits per heavy atom. The first-order valence-corrected chi connectivity index (χ1v) is 13.9. The third-order valence-electron chi connectivity index (χ3n) is 4.27. The molecule has 2 N–H and O–H groups in total. The summed E-state index contributed by atoms with van der Waals surface area (Å²) < 4.78 is 21.8. The summed E-state index contributed by atoms with van der Waals surface area (Å²) in [6, 6.07) is 10.4. The number of thioether (sulfide) groups is 1. The second-order valence-corrected chi connectivity index (χ2v) is 11.6. The molecule has 7 nitrogen and oxygen atoms in total. The molecule has 0 saturated carbocycles. The summed E-state index contributed by atoms with van der Waals surface area (Å²) in [7, 11) is -10.7. The van der Waals surface area contributed by atoms with E-state index in [9.17, 15) is 23.8 Å². The van der Waals surface area contributed by atoms with Crippen molar-refractivity contribution < 1.29 is 117 Å². The quantitative estimate of drug-likeness (QED) is 0.0954. The molecule has 0 bridgehead atoms. The third kappa shape index (κ3) is 20.7. The summed E-state index contributed by atoms with van der Waals surface area (Å²) >= 11 is 1.89. The van der Waals surface area contributed by atoms with Crippen LogP contribution >= 0.6 is 27.0 Å². The second-order valence-electron chi connectivity index (χ2n) is 6.78. The molecule has 31 heavy (non-hydrogen) atoms. The van der Waals surface area contributed by atoms with Crippen molar-refractivity contribution in [3.8, 4) is 0 Å². The molecule has 0 amide bonds. The minimum absolute atomic E-state index is 0. The van der Waals surface area contributed by atoms with Crippen LogP contribution in [0.3, 0.4) is 0 Å². The van der Waals surface area contributed by atoms with E-state index < -0.39 is 20.7 Å². The zero-order valence-electron chi connectivity index (χ0n) is 19.0. The summed E-state index contributed by atoms with van der Waals surface area (Å²) in [4.78, 5) is 42.8. The van der Waals surface area contributed by atoms with Crippen LogP contribution in [0.4, 0.5) is 0 Å². The van der Waals surface area contributed by atoms with Crippen molar-refractivity contribution in [1.82, 2.24) is 5.32 Å². The van der Waals surface area contributed by atoms with E-state index in [4.69, 9.17) is 4.89 Å². The fourth-order valence-corrected chi connectivity index (χ4v) is 5.88. The van der Waals surface area contributed by atoms with Crippen LogP contribution in [0.5, 0.6) is 0 Å². The van der Waals surface area contributed by atoms with E-state index in [1.165, 1.54) is 30.6 Å². The molecule has 2 atom stereocenters. The average Bonchev–Trinajstić information content (AvgIpc) is 2.60. The molecule has 1 rings (SSSR count). The van der Waals surface area contributed by atoms with E-state index in [1.54, 1.807) is 0 Å². The van der Waals surface area contributed by atoms with Gasteiger partial charge in [0.05, 0.1) is 5.52 Å². The summed E-state index contributed by atoms with van der Waals surface area (Å²) in [5, 5.41) is 2.13. The van der Waals surface area contributed by atoms with E-state index in [0.29, 0.717) is 6.42 Å². The van der Waals surface area contributed by atoms with Crippen LogP contribution in [0.1, 0.15) is 57.8 Å². The Bertz CT molecular complexity index is 614. The Labute approximate surface area is 257 Å². The maximum atomic E-state index is 10.9. The van der Waals surface area contributed by atoms with Crippen LogP contribution in [0.2, 0.25) is 0 Å². The van der Waals surface area contributed by atoms with Gasteiger partial charge in [-0.25, -0.2) is 0 Å². The van der Waals surface area contributed by atoms with Crippen LogP contribution in [0.15, 0.2) is 35.2 Å². The molecule has 1 aromatic carbocycles. The third-order valence-corrected chi connectivity index (χ3v) is 8.67. The van der Waals surface area contributed by atoms with E-state index in [0.717, 1.165) is 31.4 Å². The van der Waals surface area contributed by atoms with Gasteiger partial charge in [0.15, 0.2) is 7.60 Å². The molecule has 0 fully saturated rings. The van der Waals surface area contributed by atoms with Crippen molar-refractivity contribution in [1.29, 1.82) is 0 Å². The molecule has 0 radical (unpaired) electrons. The number of unbranched alkanes of at least 4 members (excludes halogenated alkanes) is 8. The van der Waals surface area contributed by atoms with Gasteiger partial charge in [-0.2, -0.15) is 0 Å². The Morgan fingerprint density at radius 3 is 1.71 bits per heavy atom. The van der Waals surface area contributed by atoms with Crippen molar-refractivity contribution >= 4 is 27.0 Å². The van der Waals surface area contributed by atoms with E-state index in [-0.39, 0.29) is 95.2 Å². The molecule has 0 aliphatic carbocycles. The first-order valence-electron chi connectivity index (χ1n) is 9.67. The van der Waals surface area contributed by atoms with Crippen LogP contribution < -0.4 is 109 Å². The monoisotopic (exact) mass is 519 g/mol. The van der Waals surface area contributed by atoms with Gasteiger partial charge < -0.3 is 34.0 Å². The van der Waals surface area contributed by atoms with Gasteiger partial charge in [-0.1, -0.05) is 63.1 Å². The van der Waals surface area contributed by atoms with E-state index in [1.807, 2.05) is 17.8 Å². The molecule has 0 aliphatic heterocycles. The van der Waals surface area contributed by atoms with Gasteiger partial charge in [0.1, 0.15) is 0 Å². The molecular weight excluding hydrogens is 489 g/mol. The van der Waals surface area contributed by atoms with Crippen LogP contribution in [-0.4, -0.2) is 22.7 Å². The van der Waals surface area contributed by atoms with Crippen LogP contribution in [0.25, 0.3) is 0 Å². The summed E-state index contributed by atoms with van der Waals surface area (Å²) in [6.45, 7) is 0.0605. The zero-order valence-corrected chi connectivity index (χ0v) is 27.6. The van der Waals surface area contributed by atoms with Gasteiger partial charge in [0.2, 0.25) is 0 Å². The number of nitrogens with one attached hydrogen (secondary N) is 1. The smallest absolute Gasteiger partial charge is 0.809 e. The van der Waals surface area contributed by atoms with Gasteiger partial charge in [-0.05, 0) is 44.9 Å². The number of rotatable bonds is 16. The van der Waals surface area contributed by atoms with Crippen molar-refractivity contribution in [2.75, 3.05) is 12.3 Å². The first-order chi connectivity index (χ1) is 13.2. The average molecular weight is 519 g/mol. The van der Waals surface area contributed by atoms with Crippen LogP contribution in [-0.2, 0) is 9.13 Å². The van der Waals surface area contributed by atoms with Gasteiger partial charge in [-0.3, -0.25) is 0 Å². The standard InChI is InChI=1S/C18H33NO6P2S.3Na/c20-26(21,22)18(27(23,24)25)19-15-11-6-4-2-1-3-5-7-12-16-28-17-13-9-8-10-14-17;;;/h8-10,13-14,18-19H,1-7,11-12,15-16H2,(H2,20,21,22)(H2,23,24,25);;;/q;3*+1/p-3. The molecule has 0 heterocycles. The molecule has 1 aromatic rings.